The van der Waals surface area contributed by atoms with Gasteiger partial charge >= 0.3 is 0 Å². The van der Waals surface area contributed by atoms with Crippen LogP contribution in [0.1, 0.15) is 0 Å². The Morgan fingerprint density at radius 1 is 1.16 bits per heavy atom. The molecule has 0 bridgehead atoms. The number of nitrogens with one attached hydrogen (secondary N) is 1. The number of thioether (sulfide) groups is 1. The van der Waals surface area contributed by atoms with E-state index in [9.17, 15) is 4.79 Å². The summed E-state index contributed by atoms with van der Waals surface area (Å²) < 4.78 is 6.52. The molecule has 4 rings (SSSR count). The molecule has 1 N–H and O–H groups in total. The molecule has 4 aromatic rings. The second-order valence-electron chi connectivity index (χ2n) is 5.11. The number of rotatable bonds is 5. The molecule has 0 atom stereocenters. The van der Waals surface area contributed by atoms with E-state index in [4.69, 9.17) is 4.42 Å². The maximum absolute atomic E-state index is 12.0. The zero-order valence-electron chi connectivity index (χ0n) is 12.9. The quantitative estimate of drug-likeness (QED) is 0.535. The number of nitrogens with zero attached hydrogens (tertiary/aromatic N) is 3. The molecule has 0 saturated heterocycles. The van der Waals surface area contributed by atoms with Crippen molar-refractivity contribution in [1.29, 1.82) is 0 Å². The van der Waals surface area contributed by atoms with E-state index in [0.29, 0.717) is 11.6 Å². The van der Waals surface area contributed by atoms with Gasteiger partial charge in [-0.2, -0.15) is 0 Å². The number of hydrogen-bond acceptors (Lipinski definition) is 7. The monoisotopic (exact) mass is 368 g/mol. The predicted octanol–water partition coefficient (Wildman–Crippen LogP) is 4.08. The second kappa shape index (κ2) is 7.04. The number of carbonyl (C=O) groups excluding carboxylic acids is 1. The van der Waals surface area contributed by atoms with Crippen LogP contribution in [-0.4, -0.2) is 26.8 Å². The highest BCUT2D eigenvalue weighted by molar-refractivity contribution is 8.01. The first kappa shape index (κ1) is 15.8. The Bertz CT molecular complexity index is 964. The van der Waals surface area contributed by atoms with Crippen LogP contribution in [0.25, 0.3) is 22.6 Å². The van der Waals surface area contributed by atoms with Crippen LogP contribution in [0.5, 0.6) is 0 Å². The van der Waals surface area contributed by atoms with Crippen LogP contribution in [0, 0.1) is 0 Å². The van der Waals surface area contributed by atoms with Crippen molar-refractivity contribution in [2.45, 2.75) is 4.34 Å². The smallest absolute Gasteiger partial charge is 0.234 e. The first-order valence-electron chi connectivity index (χ1n) is 7.43. The number of anilines is 1. The minimum Gasteiger partial charge on any atom is -0.436 e. The summed E-state index contributed by atoms with van der Waals surface area (Å²) in [5.41, 5.74) is 4.80. The van der Waals surface area contributed by atoms with E-state index in [1.54, 1.807) is 5.51 Å². The Balaban J connectivity index is 1.42. The average Bonchev–Trinajstić information content (AvgIpc) is 3.30. The molecule has 0 spiro atoms. The molecule has 0 unspecified atom stereocenters. The van der Waals surface area contributed by atoms with E-state index < -0.39 is 0 Å². The SMILES string of the molecule is O=C(CSc1nncs1)Nc1ccc(-c2nc3ccccc3o2)cc1. The van der Waals surface area contributed by atoms with Crippen LogP contribution in [-0.2, 0) is 4.79 Å². The van der Waals surface area contributed by atoms with Gasteiger partial charge in [0.25, 0.3) is 0 Å². The lowest BCUT2D eigenvalue weighted by molar-refractivity contribution is -0.113. The summed E-state index contributed by atoms with van der Waals surface area (Å²) in [5, 5.41) is 10.5. The van der Waals surface area contributed by atoms with Crippen molar-refractivity contribution in [1.82, 2.24) is 15.2 Å². The fraction of sp³-hybridized carbons (Fsp3) is 0.0588. The summed E-state index contributed by atoms with van der Waals surface area (Å²) in [6.07, 6.45) is 0. The van der Waals surface area contributed by atoms with Crippen LogP contribution >= 0.6 is 23.1 Å². The Morgan fingerprint density at radius 3 is 2.76 bits per heavy atom. The van der Waals surface area contributed by atoms with Gasteiger partial charge < -0.3 is 9.73 Å². The number of benzene rings is 2. The number of para-hydroxylation sites is 2. The first-order valence-corrected chi connectivity index (χ1v) is 9.29. The molecule has 0 saturated carbocycles. The molecule has 0 fully saturated rings. The number of aromatic nitrogens is 3. The zero-order chi connectivity index (χ0) is 17.1. The minimum absolute atomic E-state index is 0.0881. The Kier molecular flexibility index (Phi) is 4.45. The summed E-state index contributed by atoms with van der Waals surface area (Å²) in [6, 6.07) is 15.0. The van der Waals surface area contributed by atoms with E-state index >= 15 is 0 Å². The van der Waals surface area contributed by atoms with Gasteiger partial charge in [0.15, 0.2) is 9.92 Å². The molecular weight excluding hydrogens is 356 g/mol. The van der Waals surface area contributed by atoms with Crippen molar-refractivity contribution in [3.05, 3.63) is 54.0 Å². The van der Waals surface area contributed by atoms with E-state index in [-0.39, 0.29) is 5.91 Å². The first-order chi connectivity index (χ1) is 12.3. The lowest BCUT2D eigenvalue weighted by Gasteiger charge is -2.04. The third-order valence-corrected chi connectivity index (χ3v) is 5.24. The average molecular weight is 368 g/mol. The number of oxazole rings is 1. The van der Waals surface area contributed by atoms with Gasteiger partial charge in [0.1, 0.15) is 11.0 Å². The van der Waals surface area contributed by atoms with Crippen molar-refractivity contribution < 1.29 is 9.21 Å². The minimum atomic E-state index is -0.0881. The molecule has 1 amide bonds. The molecule has 2 aromatic heterocycles. The lowest BCUT2D eigenvalue weighted by Crippen LogP contribution is -2.13. The topological polar surface area (TPSA) is 80.9 Å². The normalized spacial score (nSPS) is 10.9. The van der Waals surface area contributed by atoms with Gasteiger partial charge in [-0.1, -0.05) is 35.2 Å². The highest BCUT2D eigenvalue weighted by atomic mass is 32.2. The lowest BCUT2D eigenvalue weighted by atomic mass is 10.2. The number of fused-ring (bicyclic) bond motifs is 1. The van der Waals surface area contributed by atoms with Crippen molar-refractivity contribution in [3.8, 4) is 11.5 Å². The molecular formula is C17H12N4O2S2. The molecule has 0 radical (unpaired) electrons. The molecule has 6 nitrogen and oxygen atoms in total. The largest absolute Gasteiger partial charge is 0.436 e. The van der Waals surface area contributed by atoms with Crippen molar-refractivity contribution in [2.75, 3.05) is 11.1 Å². The van der Waals surface area contributed by atoms with Gasteiger partial charge in [-0.05, 0) is 36.4 Å². The number of amides is 1. The van der Waals surface area contributed by atoms with Crippen LogP contribution < -0.4 is 5.32 Å². The molecule has 2 heterocycles. The fourth-order valence-corrected chi connectivity index (χ4v) is 3.53. The van der Waals surface area contributed by atoms with Gasteiger partial charge in [-0.15, -0.1) is 10.2 Å². The van der Waals surface area contributed by atoms with Gasteiger partial charge in [-0.3, -0.25) is 4.79 Å². The molecule has 0 aliphatic rings. The van der Waals surface area contributed by atoms with Crippen molar-refractivity contribution in [3.63, 3.8) is 0 Å². The van der Waals surface area contributed by atoms with Crippen molar-refractivity contribution in [2.24, 2.45) is 0 Å². The Morgan fingerprint density at radius 2 is 2.00 bits per heavy atom. The van der Waals surface area contributed by atoms with E-state index in [1.807, 2.05) is 48.5 Å². The van der Waals surface area contributed by atoms with Crippen LogP contribution in [0.4, 0.5) is 5.69 Å². The summed E-state index contributed by atoms with van der Waals surface area (Å²) >= 11 is 2.78. The third kappa shape index (κ3) is 3.70. The van der Waals surface area contributed by atoms with Crippen LogP contribution in [0.15, 0.2) is 62.8 Å². The highest BCUT2D eigenvalue weighted by Crippen LogP contribution is 2.25. The second-order valence-corrected chi connectivity index (χ2v) is 7.16. The van der Waals surface area contributed by atoms with E-state index in [1.165, 1.54) is 23.1 Å². The standard InChI is InChI=1S/C17H12N4O2S2/c22-15(9-24-17-21-18-10-25-17)19-12-7-5-11(6-8-12)16-20-13-3-1-2-4-14(13)23-16/h1-8,10H,9H2,(H,19,22). The fourth-order valence-electron chi connectivity index (χ4n) is 2.24. The Hall–Kier alpha value is -2.71. The van der Waals surface area contributed by atoms with E-state index in [0.717, 1.165) is 26.7 Å². The Labute approximate surface area is 151 Å². The van der Waals surface area contributed by atoms with E-state index in [2.05, 4.69) is 20.5 Å². The summed E-state index contributed by atoms with van der Waals surface area (Å²) in [5.74, 6) is 0.767. The number of hydrogen-bond donors (Lipinski definition) is 1. The molecule has 8 heteroatoms. The highest BCUT2D eigenvalue weighted by Gasteiger charge is 2.09. The van der Waals surface area contributed by atoms with Crippen LogP contribution in [0.3, 0.4) is 0 Å². The van der Waals surface area contributed by atoms with Gasteiger partial charge in [0.05, 0.1) is 5.75 Å². The zero-order valence-corrected chi connectivity index (χ0v) is 14.5. The summed E-state index contributed by atoms with van der Waals surface area (Å²) in [7, 11) is 0. The molecule has 2 aromatic carbocycles. The summed E-state index contributed by atoms with van der Waals surface area (Å²) in [6.45, 7) is 0. The van der Waals surface area contributed by atoms with Gasteiger partial charge in [0.2, 0.25) is 11.8 Å². The molecule has 0 aliphatic carbocycles. The maximum Gasteiger partial charge on any atom is 0.234 e. The predicted molar refractivity (Wildman–Crippen MR) is 98.7 cm³/mol. The summed E-state index contributed by atoms with van der Waals surface area (Å²) in [4.78, 5) is 16.4. The van der Waals surface area contributed by atoms with Gasteiger partial charge in [0, 0.05) is 11.3 Å². The van der Waals surface area contributed by atoms with Crippen molar-refractivity contribution >= 4 is 45.8 Å². The number of carbonyl (C=O) groups is 1. The molecule has 25 heavy (non-hydrogen) atoms. The van der Waals surface area contributed by atoms with Crippen LogP contribution in [0.2, 0.25) is 0 Å². The van der Waals surface area contributed by atoms with Gasteiger partial charge in [-0.25, -0.2) is 4.98 Å². The molecule has 124 valence electrons. The third-order valence-electron chi connectivity index (χ3n) is 3.38. The maximum atomic E-state index is 12.0. The molecule has 0 aliphatic heterocycles.